The minimum Gasteiger partial charge on any atom is -0.459 e. The number of amides is 2. The molecule has 0 unspecified atom stereocenters. The summed E-state index contributed by atoms with van der Waals surface area (Å²) in [6.45, 7) is 0.617. The predicted octanol–water partition coefficient (Wildman–Crippen LogP) is 4.83. The van der Waals surface area contributed by atoms with Gasteiger partial charge in [-0.3, -0.25) is 9.59 Å². The molecule has 2 amide bonds. The SMILES string of the molecule is O=C(CCCCc1ccccc1)Nc1ccc2c(c1)N(C(=O)c1ccco1)CC2. The minimum absolute atomic E-state index is 0.0000743. The molecule has 0 aliphatic carbocycles. The number of unbranched alkanes of at least 4 members (excludes halogenated alkanes) is 1. The molecule has 5 nitrogen and oxygen atoms in total. The smallest absolute Gasteiger partial charge is 0.293 e. The molecule has 1 aliphatic rings. The number of carbonyl (C=O) groups excluding carboxylic acids is 2. The molecule has 5 heteroatoms. The first-order valence-corrected chi connectivity index (χ1v) is 10.0. The van der Waals surface area contributed by atoms with Crippen LogP contribution < -0.4 is 10.2 Å². The second kappa shape index (κ2) is 8.78. The minimum atomic E-state index is -0.155. The van der Waals surface area contributed by atoms with Crippen molar-refractivity contribution in [3.63, 3.8) is 0 Å². The zero-order chi connectivity index (χ0) is 20.1. The van der Waals surface area contributed by atoms with E-state index in [0.717, 1.165) is 42.6 Å². The van der Waals surface area contributed by atoms with E-state index in [9.17, 15) is 9.59 Å². The largest absolute Gasteiger partial charge is 0.459 e. The second-order valence-corrected chi connectivity index (χ2v) is 7.27. The van der Waals surface area contributed by atoms with Gasteiger partial charge in [-0.15, -0.1) is 0 Å². The van der Waals surface area contributed by atoms with Crippen LogP contribution in [0.2, 0.25) is 0 Å². The average Bonchev–Trinajstić information content (AvgIpc) is 3.41. The van der Waals surface area contributed by atoms with Crippen molar-refractivity contribution in [2.24, 2.45) is 0 Å². The Bertz CT molecular complexity index is 981. The third-order valence-corrected chi connectivity index (χ3v) is 5.20. The van der Waals surface area contributed by atoms with Crippen molar-refractivity contribution in [1.29, 1.82) is 0 Å². The number of fused-ring (bicyclic) bond motifs is 1. The number of furan rings is 1. The number of aryl methyl sites for hydroxylation is 1. The first kappa shape index (κ1) is 19.0. The van der Waals surface area contributed by atoms with E-state index in [2.05, 4.69) is 17.4 Å². The molecule has 0 saturated carbocycles. The van der Waals surface area contributed by atoms with Crippen molar-refractivity contribution >= 4 is 23.2 Å². The van der Waals surface area contributed by atoms with Gasteiger partial charge in [0.25, 0.3) is 5.91 Å². The summed E-state index contributed by atoms with van der Waals surface area (Å²) in [5.74, 6) is 0.170. The van der Waals surface area contributed by atoms with E-state index in [1.807, 2.05) is 36.4 Å². The fourth-order valence-corrected chi connectivity index (χ4v) is 3.68. The third kappa shape index (κ3) is 4.57. The van der Waals surface area contributed by atoms with Crippen molar-refractivity contribution < 1.29 is 14.0 Å². The number of nitrogens with zero attached hydrogens (tertiary/aromatic N) is 1. The monoisotopic (exact) mass is 388 g/mol. The van der Waals surface area contributed by atoms with Gasteiger partial charge in [0.1, 0.15) is 0 Å². The highest BCUT2D eigenvalue weighted by atomic mass is 16.3. The van der Waals surface area contributed by atoms with Crippen LogP contribution in [0, 0.1) is 0 Å². The number of hydrogen-bond acceptors (Lipinski definition) is 3. The van der Waals surface area contributed by atoms with Gasteiger partial charge in [-0.2, -0.15) is 0 Å². The molecule has 2 aromatic carbocycles. The lowest BCUT2D eigenvalue weighted by atomic mass is 10.1. The zero-order valence-electron chi connectivity index (χ0n) is 16.3. The standard InChI is InChI=1S/C24H24N2O3/c27-23(11-5-4-9-18-7-2-1-3-8-18)25-20-13-12-19-14-15-26(21(19)17-20)24(28)22-10-6-16-29-22/h1-3,6-8,10,12-13,16-17H,4-5,9,11,14-15H2,(H,25,27). The average molecular weight is 388 g/mol. The van der Waals surface area contributed by atoms with Crippen LogP contribution >= 0.6 is 0 Å². The van der Waals surface area contributed by atoms with Gasteiger partial charge in [0.05, 0.1) is 6.26 Å². The molecule has 1 aromatic heterocycles. The van der Waals surface area contributed by atoms with Crippen molar-refractivity contribution in [3.8, 4) is 0 Å². The van der Waals surface area contributed by atoms with E-state index in [1.165, 1.54) is 11.8 Å². The summed E-state index contributed by atoms with van der Waals surface area (Å²) in [4.78, 5) is 26.7. The van der Waals surface area contributed by atoms with Crippen LogP contribution in [-0.4, -0.2) is 18.4 Å². The Hall–Kier alpha value is -3.34. The maximum atomic E-state index is 12.6. The quantitative estimate of drug-likeness (QED) is 0.590. The molecular weight excluding hydrogens is 364 g/mol. The van der Waals surface area contributed by atoms with Crippen LogP contribution in [-0.2, 0) is 17.6 Å². The van der Waals surface area contributed by atoms with Crippen molar-refractivity contribution in [1.82, 2.24) is 0 Å². The molecule has 0 fully saturated rings. The lowest BCUT2D eigenvalue weighted by Gasteiger charge is -2.17. The Morgan fingerprint density at radius 1 is 1.00 bits per heavy atom. The Kier molecular flexibility index (Phi) is 5.75. The van der Waals surface area contributed by atoms with Gasteiger partial charge in [-0.1, -0.05) is 36.4 Å². The van der Waals surface area contributed by atoms with Crippen molar-refractivity contribution in [3.05, 3.63) is 83.8 Å². The molecular formula is C24H24N2O3. The van der Waals surface area contributed by atoms with E-state index in [1.54, 1.807) is 17.0 Å². The summed E-state index contributed by atoms with van der Waals surface area (Å²) in [6, 6.07) is 19.5. The van der Waals surface area contributed by atoms with Crippen molar-refractivity contribution in [2.75, 3.05) is 16.8 Å². The maximum absolute atomic E-state index is 12.6. The van der Waals surface area contributed by atoms with E-state index < -0.39 is 0 Å². The van der Waals surface area contributed by atoms with Gasteiger partial charge in [0.2, 0.25) is 5.91 Å². The van der Waals surface area contributed by atoms with Crippen LogP contribution in [0.3, 0.4) is 0 Å². The van der Waals surface area contributed by atoms with Gasteiger partial charge < -0.3 is 14.6 Å². The summed E-state index contributed by atoms with van der Waals surface area (Å²) in [6.07, 6.45) is 5.59. The number of nitrogens with one attached hydrogen (secondary N) is 1. The number of rotatable bonds is 7. The van der Waals surface area contributed by atoms with Crippen LogP contribution in [0.1, 0.15) is 40.9 Å². The number of carbonyl (C=O) groups is 2. The normalized spacial score (nSPS) is 12.6. The maximum Gasteiger partial charge on any atom is 0.293 e. The van der Waals surface area contributed by atoms with Crippen molar-refractivity contribution in [2.45, 2.75) is 32.1 Å². The lowest BCUT2D eigenvalue weighted by molar-refractivity contribution is -0.116. The molecule has 3 aromatic rings. The first-order valence-electron chi connectivity index (χ1n) is 10.0. The van der Waals surface area contributed by atoms with Gasteiger partial charge in [-0.05, 0) is 61.1 Å². The Balaban J connectivity index is 1.32. The number of hydrogen-bond donors (Lipinski definition) is 1. The molecule has 29 heavy (non-hydrogen) atoms. The van der Waals surface area contributed by atoms with Gasteiger partial charge in [0.15, 0.2) is 5.76 Å². The highest BCUT2D eigenvalue weighted by Crippen LogP contribution is 2.32. The number of anilines is 2. The summed E-state index contributed by atoms with van der Waals surface area (Å²) >= 11 is 0. The van der Waals surface area contributed by atoms with Crippen LogP contribution in [0.25, 0.3) is 0 Å². The fourth-order valence-electron chi connectivity index (χ4n) is 3.68. The van der Waals surface area contributed by atoms with Gasteiger partial charge in [0, 0.05) is 24.3 Å². The molecule has 0 spiro atoms. The Labute approximate surface area is 170 Å². The Morgan fingerprint density at radius 2 is 1.86 bits per heavy atom. The predicted molar refractivity (Wildman–Crippen MR) is 113 cm³/mol. The lowest BCUT2D eigenvalue weighted by Crippen LogP contribution is -2.28. The summed E-state index contributed by atoms with van der Waals surface area (Å²) in [5.41, 5.74) is 3.96. The van der Waals surface area contributed by atoms with Gasteiger partial charge in [-0.25, -0.2) is 0 Å². The van der Waals surface area contributed by atoms with E-state index >= 15 is 0 Å². The molecule has 2 heterocycles. The number of benzene rings is 2. The fraction of sp³-hybridized carbons (Fsp3) is 0.250. The third-order valence-electron chi connectivity index (χ3n) is 5.20. The summed E-state index contributed by atoms with van der Waals surface area (Å²) < 4.78 is 5.24. The second-order valence-electron chi connectivity index (χ2n) is 7.27. The van der Waals surface area contributed by atoms with Crippen LogP contribution in [0.5, 0.6) is 0 Å². The van der Waals surface area contributed by atoms with E-state index in [-0.39, 0.29) is 11.8 Å². The van der Waals surface area contributed by atoms with Gasteiger partial charge >= 0.3 is 0 Å². The molecule has 0 saturated heterocycles. The summed E-state index contributed by atoms with van der Waals surface area (Å²) in [5, 5.41) is 2.96. The van der Waals surface area contributed by atoms with E-state index in [0.29, 0.717) is 18.7 Å². The first-order chi connectivity index (χ1) is 14.2. The molecule has 1 aliphatic heterocycles. The highest BCUT2D eigenvalue weighted by Gasteiger charge is 2.27. The molecule has 0 radical (unpaired) electrons. The summed E-state index contributed by atoms with van der Waals surface area (Å²) in [7, 11) is 0. The van der Waals surface area contributed by atoms with Crippen LogP contribution in [0.15, 0.2) is 71.3 Å². The van der Waals surface area contributed by atoms with Crippen LogP contribution in [0.4, 0.5) is 11.4 Å². The van der Waals surface area contributed by atoms with E-state index in [4.69, 9.17) is 4.42 Å². The molecule has 0 atom stereocenters. The molecule has 0 bridgehead atoms. The Morgan fingerprint density at radius 3 is 2.66 bits per heavy atom. The topological polar surface area (TPSA) is 62.6 Å². The zero-order valence-corrected chi connectivity index (χ0v) is 16.3. The molecule has 148 valence electrons. The highest BCUT2D eigenvalue weighted by molar-refractivity contribution is 6.06. The molecule has 1 N–H and O–H groups in total. The molecule has 4 rings (SSSR count).